The Morgan fingerprint density at radius 2 is 1.76 bits per heavy atom. The van der Waals surface area contributed by atoms with Crippen LogP contribution < -0.4 is 14.4 Å². The molecule has 0 aliphatic heterocycles. The fourth-order valence-corrected chi connectivity index (χ4v) is 4.97. The van der Waals surface area contributed by atoms with Gasteiger partial charge in [0.1, 0.15) is 18.3 Å². The number of halogens is 2. The van der Waals surface area contributed by atoms with E-state index < -0.39 is 28.5 Å². The van der Waals surface area contributed by atoms with Gasteiger partial charge in [-0.1, -0.05) is 61.7 Å². The summed E-state index contributed by atoms with van der Waals surface area (Å²) in [6, 6.07) is 10.8. The summed E-state index contributed by atoms with van der Waals surface area (Å²) >= 11 is 12.2. The van der Waals surface area contributed by atoms with E-state index in [1.807, 2.05) is 6.92 Å². The highest BCUT2D eigenvalue weighted by molar-refractivity contribution is 7.92. The second-order valence-electron chi connectivity index (χ2n) is 8.51. The number of hydrogen-bond acceptors (Lipinski definition) is 5. The Kier molecular flexibility index (Phi) is 12.0. The van der Waals surface area contributed by atoms with Crippen LogP contribution in [0.5, 0.6) is 5.75 Å². The van der Waals surface area contributed by atoms with E-state index >= 15 is 0 Å². The Balaban J connectivity index is 2.47. The van der Waals surface area contributed by atoms with E-state index in [1.54, 1.807) is 56.3 Å². The molecule has 0 saturated carbocycles. The van der Waals surface area contributed by atoms with Crippen LogP contribution in [0.3, 0.4) is 0 Å². The van der Waals surface area contributed by atoms with Gasteiger partial charge in [-0.05, 0) is 49.6 Å². The molecule has 0 aliphatic carbocycles. The van der Waals surface area contributed by atoms with Gasteiger partial charge >= 0.3 is 0 Å². The molecular formula is C26H35Cl2N3O5S. The van der Waals surface area contributed by atoms with E-state index in [-0.39, 0.29) is 18.1 Å². The minimum absolute atomic E-state index is 0.0418. The van der Waals surface area contributed by atoms with Crippen molar-refractivity contribution < 1.29 is 22.7 Å². The number of nitrogens with zero attached hydrogens (tertiary/aromatic N) is 2. The second-order valence-corrected chi connectivity index (χ2v) is 11.2. The summed E-state index contributed by atoms with van der Waals surface area (Å²) in [7, 11) is -3.88. The summed E-state index contributed by atoms with van der Waals surface area (Å²) in [6.07, 6.45) is 3.07. The van der Waals surface area contributed by atoms with E-state index in [0.717, 1.165) is 23.4 Å². The first kappa shape index (κ1) is 30.7. The topological polar surface area (TPSA) is 96.0 Å². The SMILES string of the molecule is CCCCNC(=O)C(CC)N(Cc1ccc(Cl)c(Cl)c1)C(=O)CN(c1ccccc1OCC)S(C)(=O)=O. The zero-order chi connectivity index (χ0) is 27.6. The summed E-state index contributed by atoms with van der Waals surface area (Å²) in [5.74, 6) is -0.506. The third kappa shape index (κ3) is 8.79. The van der Waals surface area contributed by atoms with Crippen molar-refractivity contribution in [3.05, 3.63) is 58.1 Å². The van der Waals surface area contributed by atoms with E-state index in [0.29, 0.717) is 40.9 Å². The molecule has 1 N–H and O–H groups in total. The summed E-state index contributed by atoms with van der Waals surface area (Å²) in [4.78, 5) is 28.3. The van der Waals surface area contributed by atoms with Crippen LogP contribution in [0.2, 0.25) is 10.0 Å². The molecule has 0 spiro atoms. The van der Waals surface area contributed by atoms with Gasteiger partial charge in [0.2, 0.25) is 21.8 Å². The normalized spacial score (nSPS) is 12.1. The zero-order valence-electron chi connectivity index (χ0n) is 21.7. The van der Waals surface area contributed by atoms with Gasteiger partial charge in [0.15, 0.2) is 0 Å². The third-order valence-corrected chi connectivity index (χ3v) is 7.53. The molecular weight excluding hydrogens is 537 g/mol. The number of sulfonamides is 1. The maximum Gasteiger partial charge on any atom is 0.244 e. The van der Waals surface area contributed by atoms with Crippen molar-refractivity contribution in [3.8, 4) is 5.75 Å². The van der Waals surface area contributed by atoms with Crippen molar-refractivity contribution in [1.29, 1.82) is 0 Å². The van der Waals surface area contributed by atoms with Crippen LogP contribution in [-0.2, 0) is 26.2 Å². The molecule has 0 heterocycles. The first-order valence-corrected chi connectivity index (χ1v) is 14.8. The van der Waals surface area contributed by atoms with Crippen molar-refractivity contribution in [1.82, 2.24) is 10.2 Å². The van der Waals surface area contributed by atoms with E-state index in [9.17, 15) is 18.0 Å². The first-order chi connectivity index (χ1) is 17.5. The van der Waals surface area contributed by atoms with Crippen molar-refractivity contribution in [2.45, 2.75) is 52.6 Å². The largest absolute Gasteiger partial charge is 0.492 e. The lowest BCUT2D eigenvalue weighted by Crippen LogP contribution is -2.52. The van der Waals surface area contributed by atoms with E-state index in [4.69, 9.17) is 27.9 Å². The average Bonchev–Trinajstić information content (AvgIpc) is 2.84. The standard InChI is InChI=1S/C26H35Cl2N3O5S/c1-5-8-15-29-26(33)22(6-2)30(17-19-13-14-20(27)21(28)16-19)25(32)18-31(37(4,34)35)23-11-9-10-12-24(23)36-7-3/h9-14,16,22H,5-8,15,17-18H2,1-4H3,(H,29,33). The molecule has 0 saturated heterocycles. The molecule has 11 heteroatoms. The monoisotopic (exact) mass is 571 g/mol. The van der Waals surface area contributed by atoms with Crippen LogP contribution in [0, 0.1) is 0 Å². The molecule has 0 aromatic heterocycles. The molecule has 37 heavy (non-hydrogen) atoms. The van der Waals surface area contributed by atoms with Crippen molar-refractivity contribution in [2.75, 3.05) is 30.3 Å². The van der Waals surface area contributed by atoms with Crippen LogP contribution in [0.15, 0.2) is 42.5 Å². The Bertz CT molecular complexity index is 1180. The maximum atomic E-state index is 13.8. The second kappa shape index (κ2) is 14.4. The fourth-order valence-electron chi connectivity index (χ4n) is 3.80. The molecule has 0 aliphatic rings. The number of benzene rings is 2. The smallest absolute Gasteiger partial charge is 0.244 e. The minimum atomic E-state index is -3.88. The molecule has 0 radical (unpaired) electrons. The van der Waals surface area contributed by atoms with E-state index in [2.05, 4.69) is 5.32 Å². The number of para-hydroxylation sites is 2. The van der Waals surface area contributed by atoms with E-state index in [1.165, 1.54) is 4.90 Å². The van der Waals surface area contributed by atoms with Crippen molar-refractivity contribution in [3.63, 3.8) is 0 Å². The molecule has 1 atom stereocenters. The number of carbonyl (C=O) groups is 2. The minimum Gasteiger partial charge on any atom is -0.492 e. The van der Waals surface area contributed by atoms with Crippen LogP contribution in [0.25, 0.3) is 0 Å². The predicted molar refractivity (Wildman–Crippen MR) is 149 cm³/mol. The van der Waals surface area contributed by atoms with Gasteiger partial charge in [-0.3, -0.25) is 13.9 Å². The van der Waals surface area contributed by atoms with Gasteiger partial charge in [-0.25, -0.2) is 8.42 Å². The number of unbranched alkanes of at least 4 members (excludes halogenated alkanes) is 1. The number of anilines is 1. The Morgan fingerprint density at radius 1 is 1.05 bits per heavy atom. The highest BCUT2D eigenvalue weighted by atomic mass is 35.5. The van der Waals surface area contributed by atoms with Gasteiger partial charge in [0.25, 0.3) is 0 Å². The molecule has 2 rings (SSSR count). The van der Waals surface area contributed by atoms with Crippen LogP contribution in [0.1, 0.15) is 45.6 Å². The Hall–Kier alpha value is -2.49. The van der Waals surface area contributed by atoms with Crippen molar-refractivity contribution in [2.24, 2.45) is 0 Å². The molecule has 8 nitrogen and oxygen atoms in total. The van der Waals surface area contributed by atoms with Gasteiger partial charge in [0.05, 0.1) is 28.6 Å². The Morgan fingerprint density at radius 3 is 2.35 bits per heavy atom. The molecule has 2 aromatic carbocycles. The van der Waals surface area contributed by atoms with Gasteiger partial charge in [-0.2, -0.15) is 0 Å². The van der Waals surface area contributed by atoms with Gasteiger partial charge in [-0.15, -0.1) is 0 Å². The number of ether oxygens (including phenoxy) is 1. The zero-order valence-corrected chi connectivity index (χ0v) is 24.0. The first-order valence-electron chi connectivity index (χ1n) is 12.2. The highest BCUT2D eigenvalue weighted by Crippen LogP contribution is 2.30. The number of carbonyl (C=O) groups excluding carboxylic acids is 2. The quantitative estimate of drug-likeness (QED) is 0.326. The summed E-state index contributed by atoms with van der Waals surface area (Å²) < 4.78 is 32.3. The van der Waals surface area contributed by atoms with Gasteiger partial charge < -0.3 is 15.0 Å². The fraction of sp³-hybridized carbons (Fsp3) is 0.462. The molecule has 2 amide bonds. The summed E-state index contributed by atoms with van der Waals surface area (Å²) in [6.45, 7) is 5.94. The van der Waals surface area contributed by atoms with Crippen LogP contribution in [-0.4, -0.2) is 57.1 Å². The molecule has 1 unspecified atom stereocenters. The number of hydrogen-bond donors (Lipinski definition) is 1. The lowest BCUT2D eigenvalue weighted by molar-refractivity contribution is -0.140. The van der Waals surface area contributed by atoms with Gasteiger partial charge in [0, 0.05) is 13.1 Å². The van der Waals surface area contributed by atoms with Crippen LogP contribution in [0.4, 0.5) is 5.69 Å². The number of nitrogens with one attached hydrogen (secondary N) is 1. The number of amides is 2. The Labute approximate surface area is 229 Å². The molecule has 2 aromatic rings. The maximum absolute atomic E-state index is 13.8. The molecule has 0 fully saturated rings. The lowest BCUT2D eigenvalue weighted by Gasteiger charge is -2.33. The molecule has 204 valence electrons. The number of rotatable bonds is 14. The predicted octanol–water partition coefficient (Wildman–Crippen LogP) is 4.88. The lowest BCUT2D eigenvalue weighted by atomic mass is 10.1. The molecule has 0 bridgehead atoms. The third-order valence-electron chi connectivity index (χ3n) is 5.67. The highest BCUT2D eigenvalue weighted by Gasteiger charge is 2.32. The van der Waals surface area contributed by atoms with Crippen LogP contribution >= 0.6 is 23.2 Å². The summed E-state index contributed by atoms with van der Waals surface area (Å²) in [5.41, 5.74) is 0.901. The van der Waals surface area contributed by atoms with Crippen molar-refractivity contribution >= 4 is 50.7 Å². The average molecular weight is 573 g/mol. The summed E-state index contributed by atoms with van der Waals surface area (Å²) in [5, 5.41) is 3.56.